The van der Waals surface area contributed by atoms with Crippen molar-refractivity contribution in [2.45, 2.75) is 17.9 Å². The average molecular weight is 336 g/mol. The maximum absolute atomic E-state index is 12.6. The molecule has 0 spiro atoms. The molecule has 0 aliphatic carbocycles. The fourth-order valence-electron chi connectivity index (χ4n) is 2.46. The topological polar surface area (TPSA) is 66.5 Å². The van der Waals surface area contributed by atoms with E-state index >= 15 is 0 Å². The number of hydrogen-bond acceptors (Lipinski definition) is 4. The summed E-state index contributed by atoms with van der Waals surface area (Å²) in [5, 5.41) is 6.58. The molecule has 0 saturated carbocycles. The molecule has 22 heavy (non-hydrogen) atoms. The molecule has 0 radical (unpaired) electrons. The zero-order chi connectivity index (χ0) is 15.7. The molecule has 0 bridgehead atoms. The Labute approximate surface area is 133 Å². The van der Waals surface area contributed by atoms with Crippen LogP contribution in [0, 0.1) is 0 Å². The summed E-state index contributed by atoms with van der Waals surface area (Å²) >= 11 is 1.53. The Bertz CT molecular complexity index is 798. The van der Waals surface area contributed by atoms with Crippen LogP contribution in [-0.2, 0) is 23.0 Å². The van der Waals surface area contributed by atoms with Gasteiger partial charge in [-0.15, -0.1) is 0 Å². The molecule has 0 saturated heterocycles. The average Bonchev–Trinajstić information content (AvgIpc) is 3.00. The Balaban J connectivity index is 1.92. The van der Waals surface area contributed by atoms with Gasteiger partial charge in [-0.25, -0.2) is 8.42 Å². The van der Waals surface area contributed by atoms with Crippen LogP contribution in [0.4, 0.5) is 0 Å². The third-order valence-electron chi connectivity index (χ3n) is 3.70. The van der Waals surface area contributed by atoms with Crippen LogP contribution >= 0.6 is 11.3 Å². The summed E-state index contributed by atoms with van der Waals surface area (Å²) in [4.78, 5) is 12.0. The van der Waals surface area contributed by atoms with Gasteiger partial charge in [-0.3, -0.25) is 4.79 Å². The van der Waals surface area contributed by atoms with Crippen LogP contribution in [0.3, 0.4) is 0 Å². The lowest BCUT2D eigenvalue weighted by Gasteiger charge is -2.20. The number of nitrogens with one attached hydrogen (secondary N) is 1. The van der Waals surface area contributed by atoms with Gasteiger partial charge in [0.05, 0.1) is 4.90 Å². The van der Waals surface area contributed by atoms with Gasteiger partial charge >= 0.3 is 0 Å². The highest BCUT2D eigenvalue weighted by Gasteiger charge is 2.24. The molecule has 1 aromatic heterocycles. The summed E-state index contributed by atoms with van der Waals surface area (Å²) in [5.74, 6) is -0.209. The highest BCUT2D eigenvalue weighted by molar-refractivity contribution is 7.89. The van der Waals surface area contributed by atoms with Crippen LogP contribution in [0.5, 0.6) is 0 Å². The van der Waals surface area contributed by atoms with E-state index in [1.807, 2.05) is 16.8 Å². The largest absolute Gasteiger partial charge is 0.352 e. The summed E-state index contributed by atoms with van der Waals surface area (Å²) in [5.41, 5.74) is 2.30. The molecule has 2 heterocycles. The molecular formula is C15H16N2O3S2. The molecule has 1 amide bonds. The normalized spacial score (nSPS) is 14.7. The van der Waals surface area contributed by atoms with E-state index in [9.17, 15) is 13.2 Å². The summed E-state index contributed by atoms with van der Waals surface area (Å²) < 4.78 is 26.6. The first-order chi connectivity index (χ1) is 10.5. The van der Waals surface area contributed by atoms with E-state index in [0.29, 0.717) is 18.7 Å². The van der Waals surface area contributed by atoms with E-state index < -0.39 is 10.0 Å². The van der Waals surface area contributed by atoms with Crippen molar-refractivity contribution < 1.29 is 13.2 Å². The van der Waals surface area contributed by atoms with Crippen molar-refractivity contribution in [3.8, 4) is 0 Å². The molecule has 3 rings (SSSR count). The van der Waals surface area contributed by atoms with Crippen molar-refractivity contribution in [3.05, 3.63) is 51.7 Å². The fraction of sp³-hybridized carbons (Fsp3) is 0.267. The second kappa shape index (κ2) is 5.83. The van der Waals surface area contributed by atoms with Crippen LogP contribution in [0.15, 0.2) is 39.9 Å². The Morgan fingerprint density at radius 2 is 2.14 bits per heavy atom. The summed E-state index contributed by atoms with van der Waals surface area (Å²) in [6, 6.07) is 6.69. The number of fused-ring (bicyclic) bond motifs is 1. The third kappa shape index (κ3) is 2.79. The molecule has 1 aliphatic rings. The van der Waals surface area contributed by atoms with Crippen molar-refractivity contribution in [2.24, 2.45) is 0 Å². The van der Waals surface area contributed by atoms with Gasteiger partial charge in [-0.2, -0.15) is 15.6 Å². The van der Waals surface area contributed by atoms with Crippen molar-refractivity contribution in [1.82, 2.24) is 9.62 Å². The van der Waals surface area contributed by atoms with Crippen LogP contribution in [0.1, 0.15) is 21.5 Å². The molecule has 0 atom stereocenters. The number of benzene rings is 1. The lowest BCUT2D eigenvalue weighted by atomic mass is 10.0. The first-order valence-corrected chi connectivity index (χ1v) is 9.25. The zero-order valence-electron chi connectivity index (χ0n) is 12.1. The smallest absolute Gasteiger partial charge is 0.251 e. The molecule has 0 fully saturated rings. The van der Waals surface area contributed by atoms with Gasteiger partial charge in [-0.05, 0) is 46.5 Å². The first kappa shape index (κ1) is 15.2. The predicted octanol–water partition coefficient (Wildman–Crippen LogP) is 1.85. The molecule has 7 heteroatoms. The van der Waals surface area contributed by atoms with Gasteiger partial charge in [0.25, 0.3) is 5.91 Å². The lowest BCUT2D eigenvalue weighted by Crippen LogP contribution is -2.32. The Morgan fingerprint density at radius 3 is 2.86 bits per heavy atom. The number of carbonyl (C=O) groups is 1. The molecule has 5 nitrogen and oxygen atoms in total. The van der Waals surface area contributed by atoms with Gasteiger partial charge in [0.2, 0.25) is 10.0 Å². The Hall–Kier alpha value is -1.70. The van der Waals surface area contributed by atoms with E-state index in [4.69, 9.17) is 0 Å². The van der Waals surface area contributed by atoms with Gasteiger partial charge in [0, 0.05) is 25.7 Å². The Kier molecular flexibility index (Phi) is 4.03. The molecule has 1 aromatic carbocycles. The van der Waals surface area contributed by atoms with E-state index in [-0.39, 0.29) is 10.8 Å². The van der Waals surface area contributed by atoms with E-state index in [1.54, 1.807) is 19.2 Å². The second-order valence-electron chi connectivity index (χ2n) is 5.22. The highest BCUT2D eigenvalue weighted by atomic mass is 32.2. The predicted molar refractivity (Wildman–Crippen MR) is 85.5 cm³/mol. The van der Waals surface area contributed by atoms with Gasteiger partial charge in [0.1, 0.15) is 0 Å². The summed E-state index contributed by atoms with van der Waals surface area (Å²) in [6.07, 6.45) is 0.728. The zero-order valence-corrected chi connectivity index (χ0v) is 13.7. The number of sulfonamides is 1. The van der Waals surface area contributed by atoms with Gasteiger partial charge < -0.3 is 5.32 Å². The monoisotopic (exact) mass is 336 g/mol. The molecule has 1 aliphatic heterocycles. The minimum atomic E-state index is -3.61. The van der Waals surface area contributed by atoms with Crippen LogP contribution in [0.25, 0.3) is 0 Å². The minimum absolute atomic E-state index is 0.154. The fourth-order valence-corrected chi connectivity index (χ4v) is 4.30. The SMILES string of the molecule is CN(Cc1ccsc1)S(=O)(=O)c1ccc2c(c1)C(=O)NCC2. The van der Waals surface area contributed by atoms with Crippen LogP contribution in [0.2, 0.25) is 0 Å². The van der Waals surface area contributed by atoms with E-state index in [1.165, 1.54) is 21.7 Å². The molecule has 0 unspecified atom stereocenters. The number of nitrogens with zero attached hydrogens (tertiary/aromatic N) is 1. The van der Waals surface area contributed by atoms with Crippen molar-refractivity contribution in [1.29, 1.82) is 0 Å². The van der Waals surface area contributed by atoms with Crippen molar-refractivity contribution >= 4 is 27.3 Å². The quantitative estimate of drug-likeness (QED) is 0.927. The van der Waals surface area contributed by atoms with E-state index in [2.05, 4.69) is 5.32 Å². The summed E-state index contributed by atoms with van der Waals surface area (Å²) in [6.45, 7) is 0.908. The van der Waals surface area contributed by atoms with E-state index in [0.717, 1.165) is 17.5 Å². The van der Waals surface area contributed by atoms with Crippen molar-refractivity contribution in [3.63, 3.8) is 0 Å². The number of thiophene rings is 1. The van der Waals surface area contributed by atoms with Crippen molar-refractivity contribution in [2.75, 3.05) is 13.6 Å². The van der Waals surface area contributed by atoms with Crippen LogP contribution < -0.4 is 5.32 Å². The number of rotatable bonds is 4. The van der Waals surface area contributed by atoms with Gasteiger partial charge in [-0.1, -0.05) is 6.07 Å². The highest BCUT2D eigenvalue weighted by Crippen LogP contribution is 2.22. The van der Waals surface area contributed by atoms with Crippen LogP contribution in [-0.4, -0.2) is 32.2 Å². The lowest BCUT2D eigenvalue weighted by molar-refractivity contribution is 0.0945. The Morgan fingerprint density at radius 1 is 1.32 bits per heavy atom. The molecular weight excluding hydrogens is 320 g/mol. The van der Waals surface area contributed by atoms with Gasteiger partial charge in [0.15, 0.2) is 0 Å². The maximum Gasteiger partial charge on any atom is 0.251 e. The minimum Gasteiger partial charge on any atom is -0.352 e. The molecule has 1 N–H and O–H groups in total. The third-order valence-corrected chi connectivity index (χ3v) is 6.23. The maximum atomic E-state index is 12.6. The molecule has 116 valence electrons. The summed E-state index contributed by atoms with van der Waals surface area (Å²) in [7, 11) is -2.07. The number of amides is 1. The number of carbonyl (C=O) groups excluding carboxylic acids is 1. The molecule has 2 aromatic rings. The first-order valence-electron chi connectivity index (χ1n) is 6.87. The second-order valence-corrected chi connectivity index (χ2v) is 8.04. The standard InChI is InChI=1S/C15H16N2O3S2/c1-17(9-11-5-7-21-10-11)22(19,20)13-3-2-12-4-6-16-15(18)14(12)8-13/h2-3,5,7-8,10H,4,6,9H2,1H3,(H,16,18). The number of hydrogen-bond donors (Lipinski definition) is 1.